The lowest BCUT2D eigenvalue weighted by atomic mass is 10.1. The molecule has 0 aromatic rings. The Labute approximate surface area is 242 Å². The molecule has 0 aliphatic rings. The second-order valence-electron chi connectivity index (χ2n) is 10.9. The van der Waals surface area contributed by atoms with Crippen molar-refractivity contribution in [3.8, 4) is 0 Å². The highest BCUT2D eigenvalue weighted by molar-refractivity contribution is 5.69. The second-order valence-corrected chi connectivity index (χ2v) is 10.9. The Morgan fingerprint density at radius 1 is 0.615 bits per heavy atom. The van der Waals surface area contributed by atoms with Gasteiger partial charge in [0.2, 0.25) is 0 Å². The van der Waals surface area contributed by atoms with Crippen molar-refractivity contribution in [1.29, 1.82) is 0 Å². The smallest absolute Gasteiger partial charge is 0.306 e. The van der Waals surface area contributed by atoms with E-state index in [1.165, 1.54) is 103 Å². The zero-order chi connectivity index (χ0) is 28.5. The largest absolute Gasteiger partial charge is 0.457 e. The van der Waals surface area contributed by atoms with Crippen LogP contribution in [0.1, 0.15) is 155 Å². The van der Waals surface area contributed by atoms with Crippen LogP contribution in [0, 0.1) is 0 Å². The van der Waals surface area contributed by atoms with E-state index in [2.05, 4.69) is 50.3 Å². The number of carbonyl (C=O) groups excluding carboxylic acids is 1. The van der Waals surface area contributed by atoms with Gasteiger partial charge in [-0.3, -0.25) is 4.79 Å². The summed E-state index contributed by atoms with van der Waals surface area (Å²) in [4.78, 5) is 11.9. The van der Waals surface area contributed by atoms with Gasteiger partial charge in [0.05, 0.1) is 13.2 Å². The molecule has 39 heavy (non-hydrogen) atoms. The molecule has 0 fully saturated rings. The molecule has 0 heterocycles. The Balaban J connectivity index is 3.43. The molecule has 0 radical (unpaired) electrons. The molecule has 0 bridgehead atoms. The molecule has 0 saturated heterocycles. The van der Waals surface area contributed by atoms with Gasteiger partial charge >= 0.3 is 5.97 Å². The zero-order valence-corrected chi connectivity index (χ0v) is 25.9. The van der Waals surface area contributed by atoms with E-state index in [-0.39, 0.29) is 19.2 Å². The summed E-state index contributed by atoms with van der Waals surface area (Å²) in [5, 5.41) is 9.43. The van der Waals surface area contributed by atoms with Gasteiger partial charge in [0.25, 0.3) is 0 Å². The molecule has 0 aliphatic carbocycles. The number of hydrogen-bond acceptors (Lipinski definition) is 4. The second kappa shape index (κ2) is 32.8. The number of carbonyl (C=O) groups is 1. The summed E-state index contributed by atoms with van der Waals surface area (Å²) in [5.74, 6) is -0.219. The third-order valence-corrected chi connectivity index (χ3v) is 6.97. The first-order chi connectivity index (χ1) is 19.2. The predicted octanol–water partition coefficient (Wildman–Crippen LogP) is 10.2. The van der Waals surface area contributed by atoms with E-state index in [1.54, 1.807) is 0 Å². The monoisotopic (exact) mass is 548 g/mol. The Kier molecular flexibility index (Phi) is 31.7. The fraction of sp³-hybridized carbons (Fsp3) is 0.800. The summed E-state index contributed by atoms with van der Waals surface area (Å²) in [6.07, 6.45) is 39.2. The van der Waals surface area contributed by atoms with Crippen molar-refractivity contribution >= 4 is 5.97 Å². The van der Waals surface area contributed by atoms with Crippen LogP contribution in [0.4, 0.5) is 0 Å². The minimum atomic E-state index is -0.532. The number of aliphatic hydroxyl groups excluding tert-OH is 1. The molecule has 228 valence electrons. The molecule has 0 aromatic carbocycles. The van der Waals surface area contributed by atoms with E-state index in [0.717, 1.165) is 32.1 Å². The molecule has 4 nitrogen and oxygen atoms in total. The third-order valence-electron chi connectivity index (χ3n) is 6.97. The number of unbranched alkanes of at least 4 members (excludes halogenated alkanes) is 16. The van der Waals surface area contributed by atoms with Crippen molar-refractivity contribution < 1.29 is 19.4 Å². The van der Waals surface area contributed by atoms with Gasteiger partial charge in [-0.05, 0) is 51.4 Å². The van der Waals surface area contributed by atoms with E-state index in [0.29, 0.717) is 13.0 Å². The lowest BCUT2D eigenvalue weighted by molar-refractivity contribution is -0.154. The molecule has 1 N–H and O–H groups in total. The van der Waals surface area contributed by atoms with Crippen LogP contribution in [-0.4, -0.2) is 37.0 Å². The first kappa shape index (κ1) is 37.6. The predicted molar refractivity (Wildman–Crippen MR) is 168 cm³/mol. The summed E-state index contributed by atoms with van der Waals surface area (Å²) < 4.78 is 11.0. The van der Waals surface area contributed by atoms with E-state index < -0.39 is 6.10 Å². The number of aliphatic hydroxyl groups is 1. The average Bonchev–Trinajstić information content (AvgIpc) is 2.94. The maximum Gasteiger partial charge on any atom is 0.306 e. The van der Waals surface area contributed by atoms with Crippen molar-refractivity contribution in [3.05, 3.63) is 36.5 Å². The minimum absolute atomic E-state index is 0.176. The van der Waals surface area contributed by atoms with Crippen LogP contribution >= 0.6 is 0 Å². The average molecular weight is 549 g/mol. The molecule has 0 aromatic heterocycles. The van der Waals surface area contributed by atoms with Crippen molar-refractivity contribution in [3.63, 3.8) is 0 Å². The fourth-order valence-electron chi connectivity index (χ4n) is 4.45. The van der Waals surface area contributed by atoms with Gasteiger partial charge in [0.1, 0.15) is 6.10 Å². The first-order valence-electron chi connectivity index (χ1n) is 16.6. The fourth-order valence-corrected chi connectivity index (χ4v) is 4.45. The van der Waals surface area contributed by atoms with Crippen LogP contribution in [-0.2, 0) is 14.3 Å². The number of esters is 1. The highest BCUT2D eigenvalue weighted by atomic mass is 16.6. The topological polar surface area (TPSA) is 55.8 Å². The third kappa shape index (κ3) is 31.0. The molecule has 1 atom stereocenters. The van der Waals surface area contributed by atoms with Crippen molar-refractivity contribution in [2.45, 2.75) is 161 Å². The van der Waals surface area contributed by atoms with Gasteiger partial charge in [0.15, 0.2) is 0 Å². The highest BCUT2D eigenvalue weighted by Crippen LogP contribution is 2.10. The van der Waals surface area contributed by atoms with E-state index >= 15 is 0 Å². The molecule has 0 saturated carbocycles. The van der Waals surface area contributed by atoms with Gasteiger partial charge in [-0.2, -0.15) is 0 Å². The molecular formula is C35H64O4. The summed E-state index contributed by atoms with van der Waals surface area (Å²) in [5.41, 5.74) is 0. The molecule has 1 unspecified atom stereocenters. The van der Waals surface area contributed by atoms with Crippen molar-refractivity contribution in [2.75, 3.05) is 19.8 Å². The molecule has 4 heteroatoms. The van der Waals surface area contributed by atoms with Crippen LogP contribution in [0.25, 0.3) is 0 Å². The Morgan fingerprint density at radius 3 is 1.62 bits per heavy atom. The summed E-state index contributed by atoms with van der Waals surface area (Å²) in [6, 6.07) is 0. The Bertz CT molecular complexity index is 581. The van der Waals surface area contributed by atoms with Gasteiger partial charge in [0, 0.05) is 13.0 Å². The lowest BCUT2D eigenvalue weighted by Gasteiger charge is -2.15. The summed E-state index contributed by atoms with van der Waals surface area (Å²) >= 11 is 0. The quantitative estimate of drug-likeness (QED) is 0.0551. The van der Waals surface area contributed by atoms with E-state index in [4.69, 9.17) is 9.47 Å². The van der Waals surface area contributed by atoms with Crippen LogP contribution in [0.5, 0.6) is 0 Å². The lowest BCUT2D eigenvalue weighted by Crippen LogP contribution is -2.27. The minimum Gasteiger partial charge on any atom is -0.457 e. The van der Waals surface area contributed by atoms with Crippen LogP contribution in [0.15, 0.2) is 36.5 Å². The van der Waals surface area contributed by atoms with Gasteiger partial charge in [-0.25, -0.2) is 0 Å². The van der Waals surface area contributed by atoms with E-state index in [9.17, 15) is 9.90 Å². The zero-order valence-electron chi connectivity index (χ0n) is 25.9. The van der Waals surface area contributed by atoms with Gasteiger partial charge in [-0.1, -0.05) is 134 Å². The molecule has 0 spiro atoms. The van der Waals surface area contributed by atoms with Crippen molar-refractivity contribution in [1.82, 2.24) is 0 Å². The van der Waals surface area contributed by atoms with Gasteiger partial charge in [-0.15, -0.1) is 0 Å². The maximum atomic E-state index is 11.9. The normalized spacial score (nSPS) is 12.8. The summed E-state index contributed by atoms with van der Waals surface area (Å²) in [6.45, 7) is 5.22. The number of allylic oxidation sites excluding steroid dienone is 6. The highest BCUT2D eigenvalue weighted by Gasteiger charge is 2.13. The molecule has 0 rings (SSSR count). The first-order valence-corrected chi connectivity index (χ1v) is 16.6. The van der Waals surface area contributed by atoms with Crippen LogP contribution in [0.2, 0.25) is 0 Å². The Hall–Kier alpha value is -1.39. The van der Waals surface area contributed by atoms with Crippen LogP contribution in [0.3, 0.4) is 0 Å². The number of ether oxygens (including phenoxy) is 2. The Morgan fingerprint density at radius 2 is 1.08 bits per heavy atom. The number of hydrogen-bond donors (Lipinski definition) is 1. The van der Waals surface area contributed by atoms with Crippen LogP contribution < -0.4 is 0 Å². The summed E-state index contributed by atoms with van der Waals surface area (Å²) in [7, 11) is 0. The van der Waals surface area contributed by atoms with E-state index in [1.807, 2.05) is 0 Å². The van der Waals surface area contributed by atoms with Crippen molar-refractivity contribution in [2.24, 2.45) is 0 Å². The molecule has 0 aliphatic heterocycles. The van der Waals surface area contributed by atoms with Gasteiger partial charge < -0.3 is 14.6 Å². The SMILES string of the molecule is CCCCCCC/C=C\C/C=C\C/C=C\CCCCCCCCCOCC(CO)OC(=O)CCCCCCC. The number of rotatable bonds is 30. The molecule has 0 amide bonds. The molecular weight excluding hydrogens is 484 g/mol. The maximum absolute atomic E-state index is 11.9. The standard InChI is InChI=1S/C35H64O4/c1-3-5-7-9-10-11-12-13-14-15-16-17-18-19-20-21-22-23-24-25-27-29-31-38-33-34(32-36)39-35(37)30-28-26-8-6-4-2/h12-13,15-16,18-19,34,36H,3-11,14,17,20-33H2,1-2H3/b13-12-,16-15-,19-18-.